The minimum Gasteiger partial charge on any atom is -0.496 e. The van der Waals surface area contributed by atoms with Gasteiger partial charge < -0.3 is 10.1 Å². The third-order valence-corrected chi connectivity index (χ3v) is 3.15. The Labute approximate surface area is 118 Å². The maximum atomic E-state index is 11.3. The zero-order chi connectivity index (χ0) is 14.4. The molecule has 2 aromatic rings. The second kappa shape index (κ2) is 6.58. The summed E-state index contributed by atoms with van der Waals surface area (Å²) in [5, 5.41) is 13.4. The molecule has 0 spiro atoms. The Morgan fingerprint density at radius 2 is 2.10 bits per heavy atom. The molecule has 0 saturated carbocycles. The minimum atomic E-state index is -0.244. The number of rotatable bonds is 5. The van der Waals surface area contributed by atoms with Crippen LogP contribution in [-0.2, 0) is 11.2 Å². The fourth-order valence-electron chi connectivity index (χ4n) is 2.23. The molecule has 0 aliphatic heterocycles. The van der Waals surface area contributed by atoms with Gasteiger partial charge in [0.05, 0.1) is 13.2 Å². The van der Waals surface area contributed by atoms with Gasteiger partial charge in [-0.2, -0.15) is 5.26 Å². The van der Waals surface area contributed by atoms with Crippen molar-refractivity contribution in [3.8, 4) is 11.8 Å². The van der Waals surface area contributed by atoms with Crippen molar-refractivity contribution in [3.63, 3.8) is 0 Å². The lowest BCUT2D eigenvalue weighted by atomic mass is 10.0. The monoisotopic (exact) mass is 268 g/mol. The summed E-state index contributed by atoms with van der Waals surface area (Å²) < 4.78 is 5.39. The van der Waals surface area contributed by atoms with Crippen LogP contribution in [0.2, 0.25) is 0 Å². The van der Waals surface area contributed by atoms with Gasteiger partial charge >= 0.3 is 0 Å². The predicted octanol–water partition coefficient (Wildman–Crippen LogP) is 2.42. The van der Waals surface area contributed by atoms with Gasteiger partial charge in [-0.25, -0.2) is 0 Å². The molecule has 0 heterocycles. The Morgan fingerprint density at radius 3 is 2.85 bits per heavy atom. The third kappa shape index (κ3) is 3.07. The largest absolute Gasteiger partial charge is 0.496 e. The van der Waals surface area contributed by atoms with E-state index in [9.17, 15) is 4.79 Å². The number of nitriles is 1. The fourth-order valence-corrected chi connectivity index (χ4v) is 2.23. The van der Waals surface area contributed by atoms with E-state index in [-0.39, 0.29) is 12.3 Å². The molecule has 4 nitrogen and oxygen atoms in total. The lowest BCUT2D eigenvalue weighted by Gasteiger charge is -2.12. The normalized spacial score (nSPS) is 10.0. The van der Waals surface area contributed by atoms with E-state index in [1.165, 1.54) is 0 Å². The smallest absolute Gasteiger partial charge is 0.234 e. The molecule has 20 heavy (non-hydrogen) atoms. The standard InChI is InChI=1S/C16H16N2O2/c1-20-15-7-6-12-4-2-3-5-13(12)14(15)9-11-18-16(19)8-10-17/h2-7H,8-9,11H2,1H3,(H,18,19). The molecule has 4 heteroatoms. The van der Waals surface area contributed by atoms with Crippen LogP contribution in [0.4, 0.5) is 0 Å². The van der Waals surface area contributed by atoms with Crippen molar-refractivity contribution in [2.75, 3.05) is 13.7 Å². The zero-order valence-corrected chi connectivity index (χ0v) is 11.3. The molecule has 0 aliphatic rings. The van der Waals surface area contributed by atoms with Gasteiger partial charge in [-0.3, -0.25) is 4.79 Å². The van der Waals surface area contributed by atoms with Gasteiger partial charge in [0.25, 0.3) is 0 Å². The van der Waals surface area contributed by atoms with Crippen LogP contribution in [-0.4, -0.2) is 19.6 Å². The number of carbonyl (C=O) groups is 1. The molecule has 2 rings (SSSR count). The molecule has 0 radical (unpaired) electrons. The van der Waals surface area contributed by atoms with E-state index >= 15 is 0 Å². The average Bonchev–Trinajstić information content (AvgIpc) is 2.47. The van der Waals surface area contributed by atoms with Crippen LogP contribution < -0.4 is 10.1 Å². The maximum Gasteiger partial charge on any atom is 0.234 e. The highest BCUT2D eigenvalue weighted by atomic mass is 16.5. The van der Waals surface area contributed by atoms with Crippen molar-refractivity contribution < 1.29 is 9.53 Å². The van der Waals surface area contributed by atoms with Crippen LogP contribution in [0.5, 0.6) is 5.75 Å². The summed E-state index contributed by atoms with van der Waals surface area (Å²) >= 11 is 0. The van der Waals surface area contributed by atoms with Crippen molar-refractivity contribution in [1.82, 2.24) is 5.32 Å². The Kier molecular flexibility index (Phi) is 4.56. The van der Waals surface area contributed by atoms with Crippen molar-refractivity contribution in [2.45, 2.75) is 12.8 Å². The first-order valence-electron chi connectivity index (χ1n) is 6.44. The van der Waals surface area contributed by atoms with E-state index in [1.807, 2.05) is 42.5 Å². The fraction of sp³-hybridized carbons (Fsp3) is 0.250. The number of fused-ring (bicyclic) bond motifs is 1. The van der Waals surface area contributed by atoms with Crippen LogP contribution in [0.15, 0.2) is 36.4 Å². The molecule has 0 fully saturated rings. The van der Waals surface area contributed by atoms with Gasteiger partial charge in [0, 0.05) is 12.1 Å². The van der Waals surface area contributed by atoms with Gasteiger partial charge in [0.15, 0.2) is 0 Å². The first kappa shape index (κ1) is 13.9. The molecule has 0 unspecified atom stereocenters. The van der Waals surface area contributed by atoms with Crippen molar-refractivity contribution in [3.05, 3.63) is 42.0 Å². The third-order valence-electron chi connectivity index (χ3n) is 3.15. The van der Waals surface area contributed by atoms with Crippen molar-refractivity contribution >= 4 is 16.7 Å². The summed E-state index contributed by atoms with van der Waals surface area (Å²) in [6.45, 7) is 0.491. The molecular weight excluding hydrogens is 252 g/mol. The first-order valence-corrected chi connectivity index (χ1v) is 6.44. The van der Waals surface area contributed by atoms with E-state index in [0.717, 1.165) is 22.1 Å². The molecule has 0 atom stereocenters. The van der Waals surface area contributed by atoms with E-state index < -0.39 is 0 Å². The van der Waals surface area contributed by atoms with Crippen molar-refractivity contribution in [2.24, 2.45) is 0 Å². The number of methoxy groups -OCH3 is 1. The highest BCUT2D eigenvalue weighted by molar-refractivity contribution is 5.88. The second-order valence-electron chi connectivity index (χ2n) is 4.40. The molecular formula is C16H16N2O2. The van der Waals surface area contributed by atoms with Crippen molar-refractivity contribution in [1.29, 1.82) is 5.26 Å². The topological polar surface area (TPSA) is 62.1 Å². The van der Waals surface area contributed by atoms with Gasteiger partial charge in [-0.1, -0.05) is 30.3 Å². The lowest BCUT2D eigenvalue weighted by Crippen LogP contribution is -2.25. The van der Waals surface area contributed by atoms with E-state index in [1.54, 1.807) is 7.11 Å². The molecule has 1 N–H and O–H groups in total. The van der Waals surface area contributed by atoms with E-state index in [0.29, 0.717) is 13.0 Å². The summed E-state index contributed by atoms with van der Waals surface area (Å²) in [7, 11) is 1.64. The molecule has 0 bridgehead atoms. The number of hydrogen-bond acceptors (Lipinski definition) is 3. The Hall–Kier alpha value is -2.54. The summed E-state index contributed by atoms with van der Waals surface area (Å²) in [5.74, 6) is 0.574. The maximum absolute atomic E-state index is 11.3. The quantitative estimate of drug-likeness (QED) is 0.905. The van der Waals surface area contributed by atoms with E-state index in [4.69, 9.17) is 10.00 Å². The van der Waals surface area contributed by atoms with Crippen LogP contribution in [0, 0.1) is 11.3 Å². The van der Waals surface area contributed by atoms with E-state index in [2.05, 4.69) is 5.32 Å². The summed E-state index contributed by atoms with van der Waals surface area (Å²) in [5.41, 5.74) is 1.07. The number of benzene rings is 2. The highest BCUT2D eigenvalue weighted by Gasteiger charge is 2.08. The Balaban J connectivity index is 2.19. The lowest BCUT2D eigenvalue weighted by molar-refractivity contribution is -0.120. The average molecular weight is 268 g/mol. The van der Waals surface area contributed by atoms with Crippen LogP contribution in [0.1, 0.15) is 12.0 Å². The SMILES string of the molecule is COc1ccc2ccccc2c1CCNC(=O)CC#N. The number of nitrogens with zero attached hydrogens (tertiary/aromatic N) is 1. The molecule has 102 valence electrons. The summed E-state index contributed by atoms with van der Waals surface area (Å²) in [6.07, 6.45) is 0.564. The summed E-state index contributed by atoms with van der Waals surface area (Å²) in [4.78, 5) is 11.3. The number of amides is 1. The molecule has 0 aromatic heterocycles. The van der Waals surface area contributed by atoms with Crippen LogP contribution >= 0.6 is 0 Å². The molecule has 0 aliphatic carbocycles. The second-order valence-corrected chi connectivity index (χ2v) is 4.40. The highest BCUT2D eigenvalue weighted by Crippen LogP contribution is 2.28. The Morgan fingerprint density at radius 1 is 1.30 bits per heavy atom. The molecule has 0 saturated heterocycles. The number of hydrogen-bond donors (Lipinski definition) is 1. The number of ether oxygens (including phenoxy) is 1. The Bertz CT molecular complexity index is 659. The molecule has 1 amide bonds. The van der Waals surface area contributed by atoms with Gasteiger partial charge in [0.1, 0.15) is 12.2 Å². The van der Waals surface area contributed by atoms with Gasteiger partial charge in [-0.05, 0) is 23.3 Å². The molecule has 2 aromatic carbocycles. The van der Waals surface area contributed by atoms with Gasteiger partial charge in [0.2, 0.25) is 5.91 Å². The predicted molar refractivity (Wildman–Crippen MR) is 77.4 cm³/mol. The number of carbonyl (C=O) groups excluding carboxylic acids is 1. The number of nitrogens with one attached hydrogen (secondary N) is 1. The van der Waals surface area contributed by atoms with Gasteiger partial charge in [-0.15, -0.1) is 0 Å². The zero-order valence-electron chi connectivity index (χ0n) is 11.3. The first-order chi connectivity index (χ1) is 9.76. The minimum absolute atomic E-state index is 0.104. The van der Waals surface area contributed by atoms with Crippen LogP contribution in [0.3, 0.4) is 0 Å². The summed E-state index contributed by atoms with van der Waals surface area (Å²) in [6, 6.07) is 13.9. The van der Waals surface area contributed by atoms with Crippen LogP contribution in [0.25, 0.3) is 10.8 Å².